The Kier molecular flexibility index (Phi) is 5.14. The maximum absolute atomic E-state index is 11.7. The van der Waals surface area contributed by atoms with Gasteiger partial charge in [-0.15, -0.1) is 12.6 Å². The maximum atomic E-state index is 11.7. The van der Waals surface area contributed by atoms with Crippen LogP contribution in [0.4, 0.5) is 0 Å². The first-order valence-electron chi connectivity index (χ1n) is 4.41. The van der Waals surface area contributed by atoms with Crippen LogP contribution in [-0.4, -0.2) is 26.2 Å². The number of nitrogens with one attached hydrogen (secondary N) is 1. The van der Waals surface area contributed by atoms with Gasteiger partial charge in [-0.1, -0.05) is 0 Å². The largest absolute Gasteiger partial charge is 0.383 e. The van der Waals surface area contributed by atoms with E-state index >= 15 is 0 Å². The van der Waals surface area contributed by atoms with E-state index in [4.69, 9.17) is 4.74 Å². The zero-order chi connectivity index (χ0) is 11.3. The van der Waals surface area contributed by atoms with Crippen LogP contribution in [0.3, 0.4) is 0 Å². The van der Waals surface area contributed by atoms with Gasteiger partial charge >= 0.3 is 0 Å². The van der Waals surface area contributed by atoms with Gasteiger partial charge in [0.2, 0.25) is 0 Å². The Morgan fingerprint density at radius 1 is 1.60 bits per heavy atom. The van der Waals surface area contributed by atoms with E-state index < -0.39 is 0 Å². The summed E-state index contributed by atoms with van der Waals surface area (Å²) in [7, 11) is 1.59. The van der Waals surface area contributed by atoms with Gasteiger partial charge in [0.05, 0.1) is 12.2 Å². The molecule has 0 saturated carbocycles. The van der Waals surface area contributed by atoms with Crippen LogP contribution in [0.5, 0.6) is 0 Å². The Morgan fingerprint density at radius 2 is 2.33 bits per heavy atom. The number of methoxy groups -OCH3 is 1. The Bertz CT molecular complexity index is 357. The summed E-state index contributed by atoms with van der Waals surface area (Å²) in [5.41, 5.74) is 0.582. The summed E-state index contributed by atoms with van der Waals surface area (Å²) < 4.78 is 5.60. The van der Waals surface area contributed by atoms with Crippen LogP contribution >= 0.6 is 28.6 Å². The smallest absolute Gasteiger partial charge is 0.252 e. The monoisotopic (exact) mass is 289 g/mol. The highest BCUT2D eigenvalue weighted by Crippen LogP contribution is 2.19. The number of ether oxygens (including phenoxy) is 1. The molecule has 0 aliphatic heterocycles. The minimum atomic E-state index is -0.130. The van der Waals surface area contributed by atoms with Crippen molar-refractivity contribution < 1.29 is 9.53 Å². The van der Waals surface area contributed by atoms with Crippen LogP contribution in [0.15, 0.2) is 27.6 Å². The number of carbonyl (C=O) groups is 1. The Labute approximate surface area is 103 Å². The molecule has 0 aliphatic rings. The van der Waals surface area contributed by atoms with Crippen molar-refractivity contribution >= 4 is 34.5 Å². The Morgan fingerprint density at radius 3 is 3.00 bits per heavy atom. The van der Waals surface area contributed by atoms with E-state index in [2.05, 4.69) is 33.9 Å². The second kappa shape index (κ2) is 6.15. The van der Waals surface area contributed by atoms with Gasteiger partial charge in [-0.25, -0.2) is 0 Å². The molecular weight excluding hydrogens is 278 g/mol. The summed E-state index contributed by atoms with van der Waals surface area (Å²) in [4.78, 5) is 12.4. The molecule has 0 spiro atoms. The van der Waals surface area contributed by atoms with E-state index in [1.54, 1.807) is 19.2 Å². The molecule has 0 heterocycles. The van der Waals surface area contributed by atoms with Crippen molar-refractivity contribution in [1.29, 1.82) is 0 Å². The van der Waals surface area contributed by atoms with Crippen LogP contribution < -0.4 is 5.32 Å². The lowest BCUT2D eigenvalue weighted by atomic mass is 10.2. The van der Waals surface area contributed by atoms with E-state index in [1.165, 1.54) is 0 Å². The van der Waals surface area contributed by atoms with Crippen LogP contribution in [0.2, 0.25) is 0 Å². The molecule has 0 radical (unpaired) electrons. The lowest BCUT2D eigenvalue weighted by molar-refractivity contribution is 0.0936. The Balaban J connectivity index is 2.68. The molecule has 1 N–H and O–H groups in total. The lowest BCUT2D eigenvalue weighted by Gasteiger charge is -2.06. The number of amides is 1. The zero-order valence-electron chi connectivity index (χ0n) is 8.29. The van der Waals surface area contributed by atoms with Crippen molar-refractivity contribution in [2.24, 2.45) is 0 Å². The third-order valence-corrected chi connectivity index (χ3v) is 2.76. The van der Waals surface area contributed by atoms with Crippen molar-refractivity contribution in [3.05, 3.63) is 28.2 Å². The van der Waals surface area contributed by atoms with Gasteiger partial charge in [0.15, 0.2) is 0 Å². The molecule has 0 aliphatic carbocycles. The molecular formula is C10H12BrNO2S. The molecule has 1 aromatic rings. The zero-order valence-corrected chi connectivity index (χ0v) is 10.8. The Hall–Kier alpha value is -0.520. The van der Waals surface area contributed by atoms with E-state index in [0.717, 1.165) is 9.37 Å². The van der Waals surface area contributed by atoms with Gasteiger partial charge in [-0.05, 0) is 34.1 Å². The molecule has 1 rings (SSSR count). The predicted molar refractivity (Wildman–Crippen MR) is 65.6 cm³/mol. The highest BCUT2D eigenvalue weighted by molar-refractivity contribution is 9.10. The summed E-state index contributed by atoms with van der Waals surface area (Å²) in [5.74, 6) is -0.130. The lowest BCUT2D eigenvalue weighted by Crippen LogP contribution is -2.27. The number of thiol groups is 1. The van der Waals surface area contributed by atoms with E-state index in [1.807, 2.05) is 6.07 Å². The number of hydrogen-bond donors (Lipinski definition) is 2. The molecule has 15 heavy (non-hydrogen) atoms. The van der Waals surface area contributed by atoms with E-state index in [0.29, 0.717) is 18.7 Å². The van der Waals surface area contributed by atoms with E-state index in [9.17, 15) is 4.79 Å². The second-order valence-electron chi connectivity index (χ2n) is 2.91. The second-order valence-corrected chi connectivity index (χ2v) is 4.28. The quantitative estimate of drug-likeness (QED) is 0.658. The van der Waals surface area contributed by atoms with E-state index in [-0.39, 0.29) is 5.91 Å². The van der Waals surface area contributed by atoms with Crippen LogP contribution in [-0.2, 0) is 4.74 Å². The molecule has 0 aromatic heterocycles. The summed E-state index contributed by atoms with van der Waals surface area (Å²) in [5, 5.41) is 2.74. The number of benzene rings is 1. The normalized spacial score (nSPS) is 10.1. The van der Waals surface area contributed by atoms with Crippen LogP contribution in [0, 0.1) is 0 Å². The molecule has 0 unspecified atom stereocenters. The molecule has 5 heteroatoms. The minimum absolute atomic E-state index is 0.130. The molecule has 0 fully saturated rings. The summed E-state index contributed by atoms with van der Waals surface area (Å²) >= 11 is 7.49. The number of carbonyl (C=O) groups excluding carboxylic acids is 1. The molecule has 1 amide bonds. The van der Waals surface area contributed by atoms with Crippen molar-refractivity contribution in [1.82, 2.24) is 5.32 Å². The van der Waals surface area contributed by atoms with Crippen LogP contribution in [0.25, 0.3) is 0 Å². The maximum Gasteiger partial charge on any atom is 0.252 e. The minimum Gasteiger partial charge on any atom is -0.383 e. The summed E-state index contributed by atoms with van der Waals surface area (Å²) in [6.45, 7) is 1.00. The molecule has 3 nitrogen and oxygen atoms in total. The number of hydrogen-bond acceptors (Lipinski definition) is 3. The third-order valence-electron chi connectivity index (χ3n) is 1.79. The first-order valence-corrected chi connectivity index (χ1v) is 5.65. The molecule has 0 atom stereocenters. The fourth-order valence-electron chi connectivity index (χ4n) is 1.05. The fourth-order valence-corrected chi connectivity index (χ4v) is 1.68. The molecule has 0 saturated heterocycles. The van der Waals surface area contributed by atoms with Gasteiger partial charge in [0.25, 0.3) is 5.91 Å². The van der Waals surface area contributed by atoms with Gasteiger partial charge in [-0.2, -0.15) is 0 Å². The highest BCUT2D eigenvalue weighted by Gasteiger charge is 2.09. The summed E-state index contributed by atoms with van der Waals surface area (Å²) in [6, 6.07) is 5.34. The molecule has 82 valence electrons. The molecule has 0 bridgehead atoms. The SMILES string of the molecule is COCCNC(=O)c1cc(S)ccc1Br. The average molecular weight is 290 g/mol. The topological polar surface area (TPSA) is 38.3 Å². The average Bonchev–Trinajstić information content (AvgIpc) is 2.22. The van der Waals surface area contributed by atoms with Gasteiger partial charge in [-0.3, -0.25) is 4.79 Å². The fraction of sp³-hybridized carbons (Fsp3) is 0.300. The van der Waals surface area contributed by atoms with Crippen molar-refractivity contribution in [3.8, 4) is 0 Å². The van der Waals surface area contributed by atoms with Crippen molar-refractivity contribution in [2.45, 2.75) is 4.90 Å². The highest BCUT2D eigenvalue weighted by atomic mass is 79.9. The number of halogens is 1. The molecule has 1 aromatic carbocycles. The van der Waals surface area contributed by atoms with Crippen molar-refractivity contribution in [2.75, 3.05) is 20.3 Å². The summed E-state index contributed by atoms with van der Waals surface area (Å²) in [6.07, 6.45) is 0. The van der Waals surface area contributed by atoms with Gasteiger partial charge in [0.1, 0.15) is 0 Å². The third kappa shape index (κ3) is 3.85. The predicted octanol–water partition coefficient (Wildman–Crippen LogP) is 2.11. The van der Waals surface area contributed by atoms with Gasteiger partial charge in [0, 0.05) is 23.0 Å². The first kappa shape index (κ1) is 12.5. The standard InChI is InChI=1S/C10H12BrNO2S/c1-14-5-4-12-10(13)8-6-7(15)2-3-9(8)11/h2-3,6,15H,4-5H2,1H3,(H,12,13). The first-order chi connectivity index (χ1) is 7.15. The van der Waals surface area contributed by atoms with Crippen molar-refractivity contribution in [3.63, 3.8) is 0 Å². The number of rotatable bonds is 4. The van der Waals surface area contributed by atoms with Crippen LogP contribution in [0.1, 0.15) is 10.4 Å². The van der Waals surface area contributed by atoms with Gasteiger partial charge < -0.3 is 10.1 Å².